The number of rotatable bonds is 5. The zero-order valence-electron chi connectivity index (χ0n) is 17.6. The second kappa shape index (κ2) is 9.41. The summed E-state index contributed by atoms with van der Waals surface area (Å²) in [5, 5.41) is 4.45. The third kappa shape index (κ3) is 4.89. The van der Waals surface area contributed by atoms with Gasteiger partial charge in [-0.3, -0.25) is 0 Å². The van der Waals surface area contributed by atoms with Gasteiger partial charge in [-0.15, -0.1) is 0 Å². The van der Waals surface area contributed by atoms with Crippen LogP contribution in [0.2, 0.25) is 0 Å². The number of anilines is 2. The Morgan fingerprint density at radius 3 is 2.47 bits per heavy atom. The number of nitrogen functional groups attached to an aromatic ring is 1. The first kappa shape index (κ1) is 20.6. The van der Waals surface area contributed by atoms with Crippen LogP contribution < -0.4 is 10.6 Å². The van der Waals surface area contributed by atoms with Crippen LogP contribution >= 0.6 is 0 Å². The number of oxime groups is 1. The minimum Gasteiger partial charge on any atom is -0.399 e. The van der Waals surface area contributed by atoms with Gasteiger partial charge in [0.15, 0.2) is 0 Å². The van der Waals surface area contributed by atoms with Gasteiger partial charge in [0, 0.05) is 44.0 Å². The maximum absolute atomic E-state index is 14.2. The van der Waals surface area contributed by atoms with Crippen molar-refractivity contribution in [3.63, 3.8) is 0 Å². The van der Waals surface area contributed by atoms with Gasteiger partial charge in [-0.25, -0.2) is 14.4 Å². The predicted molar refractivity (Wildman–Crippen MR) is 117 cm³/mol. The average Bonchev–Trinajstić information content (AvgIpc) is 2.79. The van der Waals surface area contributed by atoms with Gasteiger partial charge in [-0.05, 0) is 61.3 Å². The number of piperidine rings is 1. The van der Waals surface area contributed by atoms with E-state index in [0.717, 1.165) is 80.8 Å². The summed E-state index contributed by atoms with van der Waals surface area (Å²) in [6.45, 7) is 3.85. The van der Waals surface area contributed by atoms with Crippen molar-refractivity contribution >= 4 is 17.3 Å². The number of aryl methyl sites for hydroxylation is 1. The molecule has 1 saturated heterocycles. The first-order chi connectivity index (χ1) is 14.6. The van der Waals surface area contributed by atoms with E-state index in [9.17, 15) is 4.39 Å². The third-order valence-corrected chi connectivity index (χ3v) is 6.18. The molecule has 2 N–H and O–H groups in total. The lowest BCUT2D eigenvalue weighted by Gasteiger charge is -2.31. The molecule has 0 spiro atoms. The molecule has 2 fully saturated rings. The van der Waals surface area contributed by atoms with E-state index in [1.807, 2.05) is 18.5 Å². The lowest BCUT2D eigenvalue weighted by atomic mass is 9.83. The van der Waals surface area contributed by atoms with Gasteiger partial charge >= 0.3 is 0 Å². The highest BCUT2D eigenvalue weighted by Crippen LogP contribution is 2.34. The number of nitrogens with two attached hydrogens (primary N) is 1. The van der Waals surface area contributed by atoms with Crippen LogP contribution in [0.3, 0.4) is 0 Å². The number of aromatic nitrogens is 2. The molecule has 2 heterocycles. The molecular formula is C23H30FN5O. The van der Waals surface area contributed by atoms with Crippen molar-refractivity contribution in [2.24, 2.45) is 5.16 Å². The minimum absolute atomic E-state index is 0.135. The number of benzene rings is 1. The van der Waals surface area contributed by atoms with Crippen molar-refractivity contribution in [3.05, 3.63) is 47.5 Å². The summed E-state index contributed by atoms with van der Waals surface area (Å²) in [6, 6.07) is 5.01. The number of nitrogens with zero attached hydrogens (tertiary/aromatic N) is 4. The highest BCUT2D eigenvalue weighted by Gasteiger charge is 2.24. The minimum atomic E-state index is -0.197. The van der Waals surface area contributed by atoms with E-state index in [2.05, 4.69) is 26.9 Å². The normalized spacial score (nSPS) is 20.3. The fourth-order valence-electron chi connectivity index (χ4n) is 4.23. The van der Waals surface area contributed by atoms with Gasteiger partial charge in [0.2, 0.25) is 5.95 Å². The maximum Gasteiger partial charge on any atom is 0.225 e. The summed E-state index contributed by atoms with van der Waals surface area (Å²) < 4.78 is 14.2. The molecule has 30 heavy (non-hydrogen) atoms. The fraction of sp³-hybridized carbons (Fsp3) is 0.522. The van der Waals surface area contributed by atoms with Gasteiger partial charge in [-0.1, -0.05) is 18.1 Å². The molecule has 2 aliphatic rings. The molecule has 160 valence electrons. The number of hydrogen-bond donors (Lipinski definition) is 1. The third-order valence-electron chi connectivity index (χ3n) is 6.18. The Balaban J connectivity index is 1.23. The summed E-state index contributed by atoms with van der Waals surface area (Å²) in [5.74, 6) is 0.828. The van der Waals surface area contributed by atoms with Gasteiger partial charge < -0.3 is 15.5 Å². The molecule has 1 aromatic carbocycles. The molecule has 0 radical (unpaired) electrons. The van der Waals surface area contributed by atoms with Gasteiger partial charge in [0.05, 0.1) is 5.71 Å². The zero-order chi connectivity index (χ0) is 20.9. The van der Waals surface area contributed by atoms with E-state index in [4.69, 9.17) is 10.6 Å². The maximum atomic E-state index is 14.2. The second-order valence-electron chi connectivity index (χ2n) is 8.25. The van der Waals surface area contributed by atoms with Crippen LogP contribution in [0.1, 0.15) is 62.5 Å². The SMILES string of the molecule is CCc1cnc(N2CCC(ON=C3CCC(c4ccc(N)cc4F)CC3)CC2)nc1. The Kier molecular flexibility index (Phi) is 6.45. The molecule has 0 unspecified atom stereocenters. The van der Waals surface area contributed by atoms with E-state index in [1.165, 1.54) is 6.07 Å². The Bertz CT molecular complexity index is 868. The molecule has 1 aliphatic carbocycles. The van der Waals surface area contributed by atoms with Crippen LogP contribution in [0.15, 0.2) is 35.7 Å². The largest absolute Gasteiger partial charge is 0.399 e. The molecule has 0 bridgehead atoms. The van der Waals surface area contributed by atoms with Gasteiger partial charge in [-0.2, -0.15) is 0 Å². The molecule has 1 aliphatic heterocycles. The molecule has 4 rings (SSSR count). The fourth-order valence-corrected chi connectivity index (χ4v) is 4.23. The smallest absolute Gasteiger partial charge is 0.225 e. The standard InChI is InChI=1S/C23H30FN5O/c1-2-16-14-26-23(27-15-16)29-11-9-20(10-12-29)30-28-19-6-3-17(4-7-19)21-8-5-18(25)13-22(21)24/h5,8,13-15,17,20H,2-4,6-7,9-12,25H2,1H3. The van der Waals surface area contributed by atoms with E-state index in [-0.39, 0.29) is 17.8 Å². The summed E-state index contributed by atoms with van der Waals surface area (Å²) in [5.41, 5.74) is 9.14. The summed E-state index contributed by atoms with van der Waals surface area (Å²) in [6.07, 6.45) is 10.2. The lowest BCUT2D eigenvalue weighted by molar-refractivity contribution is 0.0406. The Hall–Kier alpha value is -2.70. The molecule has 2 aromatic rings. The molecular weight excluding hydrogens is 381 g/mol. The van der Waals surface area contributed by atoms with E-state index in [1.54, 1.807) is 6.07 Å². The van der Waals surface area contributed by atoms with Crippen molar-refractivity contribution in [1.29, 1.82) is 0 Å². The monoisotopic (exact) mass is 411 g/mol. The van der Waals surface area contributed by atoms with Gasteiger partial charge in [0.1, 0.15) is 11.9 Å². The summed E-state index contributed by atoms with van der Waals surface area (Å²) in [7, 11) is 0. The Labute approximate surface area is 177 Å². The molecule has 1 saturated carbocycles. The van der Waals surface area contributed by atoms with E-state index < -0.39 is 0 Å². The van der Waals surface area contributed by atoms with Crippen molar-refractivity contribution in [2.75, 3.05) is 23.7 Å². The number of halogens is 1. The summed E-state index contributed by atoms with van der Waals surface area (Å²) in [4.78, 5) is 17.0. The van der Waals surface area contributed by atoms with Crippen LogP contribution in [-0.2, 0) is 11.3 Å². The van der Waals surface area contributed by atoms with Gasteiger partial charge in [0.25, 0.3) is 0 Å². The van der Waals surface area contributed by atoms with E-state index >= 15 is 0 Å². The zero-order valence-corrected chi connectivity index (χ0v) is 17.6. The quantitative estimate of drug-likeness (QED) is 0.581. The average molecular weight is 412 g/mol. The Morgan fingerprint density at radius 1 is 1.13 bits per heavy atom. The van der Waals surface area contributed by atoms with Crippen molar-refractivity contribution in [3.8, 4) is 0 Å². The van der Waals surface area contributed by atoms with Crippen molar-refractivity contribution < 1.29 is 9.23 Å². The summed E-state index contributed by atoms with van der Waals surface area (Å²) >= 11 is 0. The Morgan fingerprint density at radius 2 is 1.83 bits per heavy atom. The van der Waals surface area contributed by atoms with Crippen LogP contribution in [0.5, 0.6) is 0 Å². The van der Waals surface area contributed by atoms with Crippen molar-refractivity contribution in [1.82, 2.24) is 9.97 Å². The predicted octanol–water partition coefficient (Wildman–Crippen LogP) is 4.46. The number of hydrogen-bond acceptors (Lipinski definition) is 6. The second-order valence-corrected chi connectivity index (χ2v) is 8.25. The van der Waals surface area contributed by atoms with Crippen LogP contribution in [0.4, 0.5) is 16.0 Å². The van der Waals surface area contributed by atoms with Crippen molar-refractivity contribution in [2.45, 2.75) is 63.9 Å². The highest BCUT2D eigenvalue weighted by molar-refractivity contribution is 5.84. The topological polar surface area (TPSA) is 76.6 Å². The first-order valence-electron chi connectivity index (χ1n) is 10.9. The van der Waals surface area contributed by atoms with E-state index in [0.29, 0.717) is 5.69 Å². The molecule has 0 amide bonds. The molecule has 7 heteroatoms. The molecule has 0 atom stereocenters. The molecule has 6 nitrogen and oxygen atoms in total. The highest BCUT2D eigenvalue weighted by atomic mass is 19.1. The first-order valence-corrected chi connectivity index (χ1v) is 10.9. The molecule has 1 aromatic heterocycles. The van der Waals surface area contributed by atoms with Crippen LogP contribution in [0.25, 0.3) is 0 Å². The van der Waals surface area contributed by atoms with Crippen LogP contribution in [-0.4, -0.2) is 34.9 Å². The van der Waals surface area contributed by atoms with Crippen LogP contribution in [0, 0.1) is 5.82 Å². The lowest BCUT2D eigenvalue weighted by Crippen LogP contribution is -2.37.